The zero-order valence-electron chi connectivity index (χ0n) is 15.4. The summed E-state index contributed by atoms with van der Waals surface area (Å²) in [6.45, 7) is 0. The number of fused-ring (bicyclic) bond motifs is 2. The number of benzene rings is 2. The third kappa shape index (κ3) is 3.12. The van der Waals surface area contributed by atoms with E-state index in [0.717, 1.165) is 5.02 Å². The van der Waals surface area contributed by atoms with Crippen LogP contribution in [0.5, 0.6) is 0 Å². The molecule has 2 nitrogen and oxygen atoms in total. The number of rotatable bonds is 3. The first-order valence-corrected chi connectivity index (χ1v) is 10.9. The van der Waals surface area contributed by atoms with E-state index in [0.29, 0.717) is 23.9 Å². The summed E-state index contributed by atoms with van der Waals surface area (Å²) in [4.78, 5) is 8.81. The number of thiazole rings is 1. The van der Waals surface area contributed by atoms with Gasteiger partial charge in [-0.1, -0.05) is 54.1 Å². The summed E-state index contributed by atoms with van der Waals surface area (Å²) in [5, 5.41) is 2.10. The summed E-state index contributed by atoms with van der Waals surface area (Å²) in [5.74, 6) is 0.975. The fourth-order valence-electron chi connectivity index (χ4n) is 5.03. The molecule has 0 saturated carbocycles. The van der Waals surface area contributed by atoms with Gasteiger partial charge in [0.2, 0.25) is 0 Å². The molecule has 2 aliphatic heterocycles. The van der Waals surface area contributed by atoms with Gasteiger partial charge in [-0.3, -0.25) is 4.90 Å². The van der Waals surface area contributed by atoms with Crippen molar-refractivity contribution < 1.29 is 0 Å². The van der Waals surface area contributed by atoms with Gasteiger partial charge in [-0.25, -0.2) is 4.98 Å². The van der Waals surface area contributed by atoms with Crippen LogP contribution < -0.4 is 0 Å². The quantitative estimate of drug-likeness (QED) is 0.525. The van der Waals surface area contributed by atoms with Gasteiger partial charge in [-0.05, 0) is 55.5 Å². The largest absolute Gasteiger partial charge is 0.300 e. The Bertz CT molecular complexity index is 921. The molecule has 4 atom stereocenters. The first kappa shape index (κ1) is 17.4. The van der Waals surface area contributed by atoms with E-state index in [1.54, 1.807) is 0 Å². The summed E-state index contributed by atoms with van der Waals surface area (Å²) in [5.41, 5.74) is 2.67. The second-order valence-corrected chi connectivity index (χ2v) is 9.31. The molecule has 0 aliphatic carbocycles. The molecule has 3 aromatic rings. The van der Waals surface area contributed by atoms with Crippen LogP contribution in [0.4, 0.5) is 0 Å². The molecule has 0 spiro atoms. The first-order valence-electron chi connectivity index (χ1n) is 9.69. The molecule has 1 aromatic heterocycles. The maximum Gasteiger partial charge on any atom is 0.0983 e. The average Bonchev–Trinajstić information content (AvgIpc) is 3.26. The van der Waals surface area contributed by atoms with Crippen LogP contribution in [-0.2, 0) is 0 Å². The first-order chi connectivity index (χ1) is 13.2. The number of piperidine rings is 1. The highest BCUT2D eigenvalue weighted by molar-refractivity contribution is 7.15. The molecule has 138 valence electrons. The third-order valence-electron chi connectivity index (χ3n) is 6.43. The Balaban J connectivity index is 1.54. The molecule has 2 aliphatic rings. The molecule has 0 N–H and O–H groups in total. The number of nitrogens with zero attached hydrogens (tertiary/aromatic N) is 2. The maximum absolute atomic E-state index is 6.15. The van der Waals surface area contributed by atoms with Crippen LogP contribution >= 0.6 is 22.9 Å². The molecule has 0 radical (unpaired) electrons. The standard InChI is InChI=1S/C23H23ClN2S/c1-26-18-11-12-20(26)22(19(13-18)15-7-9-17(24)10-8-15)23-25-14-21(27-23)16-5-3-2-4-6-16/h2-10,14,18-20,22H,11-13H2,1H3/t18-,19?,20?,22+/m1/s1. The zero-order chi connectivity index (χ0) is 18.4. The van der Waals surface area contributed by atoms with E-state index in [9.17, 15) is 0 Å². The van der Waals surface area contributed by atoms with Crippen LogP contribution in [0.1, 0.15) is 41.7 Å². The minimum atomic E-state index is 0.456. The fourth-order valence-corrected chi connectivity index (χ4v) is 6.31. The molecule has 3 heterocycles. The number of aromatic nitrogens is 1. The minimum absolute atomic E-state index is 0.456. The molecular weight excluding hydrogens is 372 g/mol. The normalized spacial score (nSPS) is 27.8. The van der Waals surface area contributed by atoms with Crippen LogP contribution in [0, 0.1) is 0 Å². The second kappa shape index (κ2) is 7.05. The highest BCUT2D eigenvalue weighted by Gasteiger charge is 2.47. The molecule has 27 heavy (non-hydrogen) atoms. The van der Waals surface area contributed by atoms with Crippen LogP contribution in [-0.4, -0.2) is 29.0 Å². The lowest BCUT2D eigenvalue weighted by molar-refractivity contribution is 0.137. The van der Waals surface area contributed by atoms with E-state index < -0.39 is 0 Å². The molecule has 4 heteroatoms. The minimum Gasteiger partial charge on any atom is -0.300 e. The Kier molecular flexibility index (Phi) is 4.55. The molecule has 2 saturated heterocycles. The van der Waals surface area contributed by atoms with E-state index in [2.05, 4.69) is 60.6 Å². The van der Waals surface area contributed by atoms with Gasteiger partial charge in [0.15, 0.2) is 0 Å². The van der Waals surface area contributed by atoms with E-state index >= 15 is 0 Å². The van der Waals surface area contributed by atoms with E-state index in [4.69, 9.17) is 16.6 Å². The number of likely N-dealkylation sites (N-methyl/N-ethyl adjacent to an activating group) is 1. The van der Waals surface area contributed by atoms with Gasteiger partial charge >= 0.3 is 0 Å². The zero-order valence-corrected chi connectivity index (χ0v) is 17.0. The van der Waals surface area contributed by atoms with Gasteiger partial charge in [0.05, 0.1) is 9.88 Å². The predicted octanol–water partition coefficient (Wildman–Crippen LogP) is 6.20. The number of hydrogen-bond acceptors (Lipinski definition) is 3. The molecule has 2 unspecified atom stereocenters. The van der Waals surface area contributed by atoms with Gasteiger partial charge < -0.3 is 0 Å². The highest BCUT2D eigenvalue weighted by atomic mass is 35.5. The summed E-state index contributed by atoms with van der Waals surface area (Å²) in [6, 6.07) is 20.4. The lowest BCUT2D eigenvalue weighted by Gasteiger charge is -2.42. The van der Waals surface area contributed by atoms with Crippen LogP contribution in [0.15, 0.2) is 60.8 Å². The Hall–Kier alpha value is -1.68. The molecule has 2 bridgehead atoms. The van der Waals surface area contributed by atoms with Crippen molar-refractivity contribution in [3.63, 3.8) is 0 Å². The van der Waals surface area contributed by atoms with Crippen LogP contribution in [0.25, 0.3) is 10.4 Å². The van der Waals surface area contributed by atoms with Gasteiger partial charge in [-0.15, -0.1) is 11.3 Å². The average molecular weight is 395 g/mol. The SMILES string of the molecule is CN1C2CC[C@@H]1CC(c1ccc(Cl)cc1)[C@@H]2c1ncc(-c2ccccc2)s1. The summed E-state index contributed by atoms with van der Waals surface area (Å²) < 4.78 is 0. The van der Waals surface area contributed by atoms with Crippen molar-refractivity contribution in [3.05, 3.63) is 76.4 Å². The van der Waals surface area contributed by atoms with Crippen molar-refractivity contribution in [2.24, 2.45) is 0 Å². The maximum atomic E-state index is 6.15. The summed E-state index contributed by atoms with van der Waals surface area (Å²) in [6.07, 6.45) is 5.85. The Morgan fingerprint density at radius 2 is 1.81 bits per heavy atom. The smallest absolute Gasteiger partial charge is 0.0983 e. The van der Waals surface area contributed by atoms with Crippen molar-refractivity contribution in [1.82, 2.24) is 9.88 Å². The van der Waals surface area contributed by atoms with Gasteiger partial charge in [-0.2, -0.15) is 0 Å². The van der Waals surface area contributed by atoms with Crippen molar-refractivity contribution in [1.29, 1.82) is 0 Å². The Labute approximate surface area is 169 Å². The monoisotopic (exact) mass is 394 g/mol. The fraction of sp³-hybridized carbons (Fsp3) is 0.348. The van der Waals surface area contributed by atoms with Crippen molar-refractivity contribution in [3.8, 4) is 10.4 Å². The lowest BCUT2D eigenvalue weighted by Crippen LogP contribution is -2.44. The van der Waals surface area contributed by atoms with Gasteiger partial charge in [0.25, 0.3) is 0 Å². The summed E-state index contributed by atoms with van der Waals surface area (Å²) >= 11 is 8.02. The van der Waals surface area contributed by atoms with Gasteiger partial charge in [0, 0.05) is 29.2 Å². The predicted molar refractivity (Wildman–Crippen MR) is 114 cm³/mol. The topological polar surface area (TPSA) is 16.1 Å². The molecule has 5 rings (SSSR count). The molecule has 0 amide bonds. The van der Waals surface area contributed by atoms with Crippen molar-refractivity contribution in [2.45, 2.75) is 43.2 Å². The van der Waals surface area contributed by atoms with Crippen molar-refractivity contribution >= 4 is 22.9 Å². The molecule has 2 fully saturated rings. The third-order valence-corrected chi connectivity index (χ3v) is 7.83. The van der Waals surface area contributed by atoms with Gasteiger partial charge in [0.1, 0.15) is 0 Å². The van der Waals surface area contributed by atoms with E-state index in [-0.39, 0.29) is 0 Å². The number of hydrogen-bond donors (Lipinski definition) is 0. The lowest BCUT2D eigenvalue weighted by atomic mass is 9.76. The number of halogens is 1. The van der Waals surface area contributed by atoms with Crippen molar-refractivity contribution in [2.75, 3.05) is 7.05 Å². The second-order valence-electron chi connectivity index (χ2n) is 7.81. The molecular formula is C23H23ClN2S. The van der Waals surface area contributed by atoms with Crippen LogP contribution in [0.3, 0.4) is 0 Å². The van der Waals surface area contributed by atoms with Crippen LogP contribution in [0.2, 0.25) is 5.02 Å². The summed E-state index contributed by atoms with van der Waals surface area (Å²) in [7, 11) is 2.30. The van der Waals surface area contributed by atoms with E-state index in [1.165, 1.54) is 40.3 Å². The van der Waals surface area contributed by atoms with E-state index in [1.807, 2.05) is 23.5 Å². The highest BCUT2D eigenvalue weighted by Crippen LogP contribution is 2.52. The Morgan fingerprint density at radius 3 is 2.59 bits per heavy atom. The Morgan fingerprint density at radius 1 is 1.04 bits per heavy atom. The molecule has 2 aromatic carbocycles.